The van der Waals surface area contributed by atoms with E-state index in [2.05, 4.69) is 4.72 Å². The van der Waals surface area contributed by atoms with Crippen molar-refractivity contribution in [2.45, 2.75) is 45.9 Å². The maximum atomic E-state index is 13.4. The van der Waals surface area contributed by atoms with E-state index in [1.165, 1.54) is 6.26 Å². The van der Waals surface area contributed by atoms with Gasteiger partial charge in [0.1, 0.15) is 0 Å². The lowest BCUT2D eigenvalue weighted by atomic mass is 9.95. The average Bonchev–Trinajstić information content (AvgIpc) is 3.40. The number of nitrogens with zero attached hydrogens (tertiary/aromatic N) is 1. The van der Waals surface area contributed by atoms with E-state index in [1.54, 1.807) is 29.2 Å². The summed E-state index contributed by atoms with van der Waals surface area (Å²) in [5, 5.41) is 0. The summed E-state index contributed by atoms with van der Waals surface area (Å²) in [5.41, 5.74) is 6.70. The minimum atomic E-state index is -3.81. The zero-order valence-electron chi connectivity index (χ0n) is 18.4. The summed E-state index contributed by atoms with van der Waals surface area (Å²) in [4.78, 5) is 14.7. The maximum Gasteiger partial charge on any atom is 0.293 e. The van der Waals surface area contributed by atoms with Gasteiger partial charge in [0.15, 0.2) is 5.76 Å². The van der Waals surface area contributed by atoms with Crippen LogP contribution in [0.3, 0.4) is 0 Å². The first-order valence-electron chi connectivity index (χ1n) is 10.2. The predicted octanol–water partition coefficient (Wildman–Crippen LogP) is 4.83. The Bertz CT molecular complexity index is 1260. The van der Waals surface area contributed by atoms with Crippen LogP contribution < -0.4 is 9.62 Å². The standard InChI is InChI=1S/C24H26N2O4S/c1-14-15(2)17(4)23(18(5)16(14)3)31(28,29)25-20-9-8-19-10-11-26(21(19)13-20)24(27)22-7-6-12-30-22/h6-9,12-13,25H,10-11H2,1-5H3. The number of amides is 1. The molecule has 0 fully saturated rings. The number of furan rings is 1. The number of fused-ring (bicyclic) bond motifs is 1. The van der Waals surface area contributed by atoms with Crippen LogP contribution in [-0.4, -0.2) is 20.9 Å². The predicted molar refractivity (Wildman–Crippen MR) is 121 cm³/mol. The van der Waals surface area contributed by atoms with E-state index in [4.69, 9.17) is 4.42 Å². The average molecular weight is 439 g/mol. The molecular formula is C24H26N2O4S. The van der Waals surface area contributed by atoms with Crippen molar-refractivity contribution >= 4 is 27.3 Å². The molecule has 0 bridgehead atoms. The minimum absolute atomic E-state index is 0.236. The Morgan fingerprint density at radius 3 is 2.23 bits per heavy atom. The zero-order valence-corrected chi connectivity index (χ0v) is 19.2. The SMILES string of the molecule is Cc1c(C)c(C)c(S(=O)(=O)Nc2ccc3c(c2)N(C(=O)c2ccco2)CC3)c(C)c1C. The Morgan fingerprint density at radius 2 is 1.61 bits per heavy atom. The van der Waals surface area contributed by atoms with Gasteiger partial charge in [0, 0.05) is 12.2 Å². The van der Waals surface area contributed by atoms with Crippen LogP contribution in [0.25, 0.3) is 0 Å². The summed E-state index contributed by atoms with van der Waals surface area (Å²) < 4.78 is 34.7. The number of benzene rings is 2. The Morgan fingerprint density at radius 1 is 0.968 bits per heavy atom. The number of sulfonamides is 1. The molecule has 0 radical (unpaired) electrons. The molecule has 1 N–H and O–H groups in total. The molecule has 4 rings (SSSR count). The van der Waals surface area contributed by atoms with Crippen molar-refractivity contribution in [2.75, 3.05) is 16.2 Å². The molecule has 6 nitrogen and oxygen atoms in total. The van der Waals surface area contributed by atoms with E-state index in [0.717, 1.165) is 33.4 Å². The highest BCUT2D eigenvalue weighted by molar-refractivity contribution is 7.92. The van der Waals surface area contributed by atoms with Crippen molar-refractivity contribution < 1.29 is 17.6 Å². The molecule has 1 aliphatic heterocycles. The lowest BCUT2D eigenvalue weighted by Gasteiger charge is -2.20. The van der Waals surface area contributed by atoms with Gasteiger partial charge >= 0.3 is 0 Å². The number of nitrogens with one attached hydrogen (secondary N) is 1. The molecule has 0 unspecified atom stereocenters. The monoisotopic (exact) mass is 438 g/mol. The molecular weight excluding hydrogens is 412 g/mol. The third kappa shape index (κ3) is 3.53. The number of anilines is 2. The van der Waals surface area contributed by atoms with Gasteiger partial charge in [0.25, 0.3) is 15.9 Å². The van der Waals surface area contributed by atoms with Crippen molar-refractivity contribution in [3.05, 3.63) is 75.7 Å². The molecule has 2 aromatic carbocycles. The Balaban J connectivity index is 1.71. The van der Waals surface area contributed by atoms with E-state index in [0.29, 0.717) is 29.2 Å². The second-order valence-electron chi connectivity index (χ2n) is 8.09. The summed E-state index contributed by atoms with van der Waals surface area (Å²) in [5.74, 6) is 0.0240. The van der Waals surface area contributed by atoms with Crippen LogP contribution in [0.2, 0.25) is 0 Å². The fourth-order valence-corrected chi connectivity index (χ4v) is 5.91. The lowest BCUT2D eigenvalue weighted by Crippen LogP contribution is -2.28. The third-order valence-electron chi connectivity index (χ3n) is 6.41. The number of hydrogen-bond acceptors (Lipinski definition) is 4. The second kappa shape index (κ2) is 7.57. The van der Waals surface area contributed by atoms with Crippen LogP contribution in [0.1, 0.15) is 43.9 Å². The number of hydrogen-bond donors (Lipinski definition) is 1. The van der Waals surface area contributed by atoms with Crippen molar-refractivity contribution in [3.8, 4) is 0 Å². The molecule has 1 aromatic heterocycles. The Kier molecular flexibility index (Phi) is 5.17. The zero-order chi connectivity index (χ0) is 22.5. The van der Waals surface area contributed by atoms with Gasteiger partial charge in [-0.25, -0.2) is 8.42 Å². The molecule has 1 aliphatic rings. The fraction of sp³-hybridized carbons (Fsp3) is 0.292. The quantitative estimate of drug-likeness (QED) is 0.633. The fourth-order valence-electron chi connectivity index (χ4n) is 4.26. The van der Waals surface area contributed by atoms with Crippen LogP contribution in [-0.2, 0) is 16.4 Å². The van der Waals surface area contributed by atoms with Crippen LogP contribution in [0.5, 0.6) is 0 Å². The smallest absolute Gasteiger partial charge is 0.293 e. The van der Waals surface area contributed by atoms with Gasteiger partial charge in [0.05, 0.1) is 16.8 Å². The van der Waals surface area contributed by atoms with E-state index in [1.807, 2.05) is 40.7 Å². The summed E-state index contributed by atoms with van der Waals surface area (Å²) >= 11 is 0. The highest BCUT2D eigenvalue weighted by Crippen LogP contribution is 2.34. The van der Waals surface area contributed by atoms with Gasteiger partial charge in [-0.05, 0) is 98.7 Å². The molecule has 0 atom stereocenters. The van der Waals surface area contributed by atoms with E-state index in [-0.39, 0.29) is 11.7 Å². The van der Waals surface area contributed by atoms with Crippen LogP contribution in [0.15, 0.2) is 45.9 Å². The van der Waals surface area contributed by atoms with Gasteiger partial charge in [-0.15, -0.1) is 0 Å². The topological polar surface area (TPSA) is 79.6 Å². The van der Waals surface area contributed by atoms with E-state index < -0.39 is 10.0 Å². The van der Waals surface area contributed by atoms with Crippen molar-refractivity contribution in [3.63, 3.8) is 0 Å². The van der Waals surface area contributed by atoms with E-state index >= 15 is 0 Å². The number of carbonyl (C=O) groups is 1. The molecule has 7 heteroatoms. The normalized spacial score (nSPS) is 13.4. The van der Waals surface area contributed by atoms with Gasteiger partial charge in [-0.2, -0.15) is 0 Å². The molecule has 31 heavy (non-hydrogen) atoms. The third-order valence-corrected chi connectivity index (χ3v) is 8.06. The van der Waals surface area contributed by atoms with Gasteiger partial charge < -0.3 is 9.32 Å². The molecule has 3 aromatic rings. The first-order valence-corrected chi connectivity index (χ1v) is 11.7. The number of rotatable bonds is 4. The Hall–Kier alpha value is -3.06. The first-order chi connectivity index (χ1) is 14.6. The second-order valence-corrected chi connectivity index (χ2v) is 9.71. The van der Waals surface area contributed by atoms with Crippen LogP contribution >= 0.6 is 0 Å². The summed E-state index contributed by atoms with van der Waals surface area (Å²) in [6.07, 6.45) is 2.17. The highest BCUT2D eigenvalue weighted by Gasteiger charge is 2.29. The summed E-state index contributed by atoms with van der Waals surface area (Å²) in [7, 11) is -3.81. The van der Waals surface area contributed by atoms with Crippen molar-refractivity contribution in [2.24, 2.45) is 0 Å². The lowest BCUT2D eigenvalue weighted by molar-refractivity contribution is 0.0963. The van der Waals surface area contributed by atoms with Gasteiger partial charge in [-0.1, -0.05) is 6.07 Å². The van der Waals surface area contributed by atoms with Gasteiger partial charge in [-0.3, -0.25) is 9.52 Å². The minimum Gasteiger partial charge on any atom is -0.459 e. The summed E-state index contributed by atoms with van der Waals surface area (Å²) in [6.45, 7) is 10.1. The van der Waals surface area contributed by atoms with Crippen molar-refractivity contribution in [1.82, 2.24) is 0 Å². The molecule has 0 spiro atoms. The van der Waals surface area contributed by atoms with Crippen LogP contribution in [0, 0.1) is 34.6 Å². The Labute approximate surface area is 182 Å². The first kappa shape index (κ1) is 21.2. The highest BCUT2D eigenvalue weighted by atomic mass is 32.2. The van der Waals surface area contributed by atoms with E-state index in [9.17, 15) is 13.2 Å². The largest absolute Gasteiger partial charge is 0.459 e. The van der Waals surface area contributed by atoms with Gasteiger partial charge in [0.2, 0.25) is 0 Å². The summed E-state index contributed by atoms with van der Waals surface area (Å²) in [6, 6.07) is 8.63. The van der Waals surface area contributed by atoms with Crippen LogP contribution in [0.4, 0.5) is 11.4 Å². The molecule has 0 saturated carbocycles. The molecule has 0 aliphatic carbocycles. The maximum absolute atomic E-state index is 13.4. The molecule has 0 saturated heterocycles. The molecule has 2 heterocycles. The molecule has 1 amide bonds. The molecule has 162 valence electrons. The van der Waals surface area contributed by atoms with Crippen molar-refractivity contribution in [1.29, 1.82) is 0 Å². The number of carbonyl (C=O) groups excluding carboxylic acids is 1.